The Labute approximate surface area is 177 Å². The number of para-hydroxylation sites is 1. The molecule has 0 amide bonds. The fraction of sp³-hybridized carbons (Fsp3) is 0.444. The zero-order valence-corrected chi connectivity index (χ0v) is 17.3. The summed E-state index contributed by atoms with van der Waals surface area (Å²) in [7, 11) is 0. The number of hydrogen-bond acceptors (Lipinski definition) is 3. The lowest BCUT2D eigenvalue weighted by atomic mass is 9.52. The van der Waals surface area contributed by atoms with E-state index in [-0.39, 0.29) is 5.41 Å². The van der Waals surface area contributed by atoms with E-state index in [9.17, 15) is 5.11 Å². The number of pyridine rings is 1. The summed E-state index contributed by atoms with van der Waals surface area (Å²) in [5.74, 6) is 1.97. The third-order valence-electron chi connectivity index (χ3n) is 8.55. The molecule has 152 valence electrons. The molecule has 1 N–H and O–H groups in total. The van der Waals surface area contributed by atoms with Crippen LogP contribution in [0.5, 0.6) is 5.75 Å². The first-order valence-corrected chi connectivity index (χ1v) is 11.6. The van der Waals surface area contributed by atoms with Crippen molar-refractivity contribution < 1.29 is 5.11 Å². The normalized spacial score (nSPS) is 29.9. The first kappa shape index (κ1) is 17.3. The van der Waals surface area contributed by atoms with E-state index < -0.39 is 0 Å². The molecule has 2 bridgehead atoms. The molecule has 2 aromatic carbocycles. The summed E-state index contributed by atoms with van der Waals surface area (Å²) in [6, 6.07) is 17.7. The number of likely N-dealkylation sites (tertiary alicyclic amines) is 1. The van der Waals surface area contributed by atoms with Crippen LogP contribution in [0, 0.1) is 11.8 Å². The molecule has 0 spiro atoms. The van der Waals surface area contributed by atoms with Crippen molar-refractivity contribution in [2.24, 2.45) is 11.8 Å². The van der Waals surface area contributed by atoms with Gasteiger partial charge in [-0.05, 0) is 91.4 Å². The van der Waals surface area contributed by atoms with Crippen LogP contribution in [0.2, 0.25) is 0 Å². The number of piperidine rings is 1. The Morgan fingerprint density at radius 2 is 1.93 bits per heavy atom. The van der Waals surface area contributed by atoms with E-state index in [1.54, 1.807) is 0 Å². The Kier molecular flexibility index (Phi) is 3.50. The molecule has 4 aliphatic rings. The van der Waals surface area contributed by atoms with Crippen LogP contribution in [-0.4, -0.2) is 34.1 Å². The third kappa shape index (κ3) is 2.45. The van der Waals surface area contributed by atoms with Gasteiger partial charge < -0.3 is 5.11 Å². The van der Waals surface area contributed by atoms with E-state index >= 15 is 0 Å². The lowest BCUT2D eigenvalue weighted by molar-refractivity contribution is 0.00473. The summed E-state index contributed by atoms with van der Waals surface area (Å²) in [6.45, 7) is 2.48. The van der Waals surface area contributed by atoms with Crippen LogP contribution in [0.4, 0.5) is 0 Å². The molecule has 0 radical (unpaired) electrons. The minimum Gasteiger partial charge on any atom is -0.508 e. The molecule has 7 rings (SSSR count). The van der Waals surface area contributed by atoms with E-state index in [2.05, 4.69) is 47.4 Å². The van der Waals surface area contributed by atoms with Gasteiger partial charge in [0.1, 0.15) is 5.75 Å². The summed E-state index contributed by atoms with van der Waals surface area (Å²) in [4.78, 5) is 7.97. The molecule has 3 aliphatic carbocycles. The average Bonchev–Trinajstić information content (AvgIpc) is 3.57. The second kappa shape index (κ2) is 6.07. The highest BCUT2D eigenvalue weighted by Crippen LogP contribution is 2.55. The number of nitrogens with zero attached hydrogens (tertiary/aromatic N) is 2. The smallest absolute Gasteiger partial charge is 0.115 e. The van der Waals surface area contributed by atoms with Crippen LogP contribution >= 0.6 is 0 Å². The van der Waals surface area contributed by atoms with Crippen LogP contribution in [0.15, 0.2) is 48.5 Å². The van der Waals surface area contributed by atoms with Crippen molar-refractivity contribution >= 4 is 10.9 Å². The van der Waals surface area contributed by atoms with Gasteiger partial charge in [0.15, 0.2) is 0 Å². The van der Waals surface area contributed by atoms with Crippen molar-refractivity contribution in [2.45, 2.75) is 50.0 Å². The van der Waals surface area contributed by atoms with E-state index in [0.29, 0.717) is 17.7 Å². The SMILES string of the molecule is Oc1ccc2c(c1)[C@]13CCN(CC4CC4)[C@H](C2)[C@@H]1Cc1cc2ccccc2nc1C3. The van der Waals surface area contributed by atoms with Gasteiger partial charge in [0, 0.05) is 35.5 Å². The summed E-state index contributed by atoms with van der Waals surface area (Å²) >= 11 is 0. The molecule has 1 saturated carbocycles. The van der Waals surface area contributed by atoms with Crippen molar-refractivity contribution in [3.05, 3.63) is 70.9 Å². The Hall–Kier alpha value is -2.39. The van der Waals surface area contributed by atoms with Gasteiger partial charge >= 0.3 is 0 Å². The number of aromatic hydroxyl groups is 1. The average molecular weight is 397 g/mol. The lowest BCUT2D eigenvalue weighted by Crippen LogP contribution is -2.62. The molecule has 1 aliphatic heterocycles. The van der Waals surface area contributed by atoms with Gasteiger partial charge in [0.05, 0.1) is 5.52 Å². The van der Waals surface area contributed by atoms with Crippen LogP contribution in [0.3, 0.4) is 0 Å². The van der Waals surface area contributed by atoms with Gasteiger partial charge in [-0.2, -0.15) is 0 Å². The van der Waals surface area contributed by atoms with Crippen LogP contribution in [0.25, 0.3) is 10.9 Å². The molecule has 0 unspecified atom stereocenters. The fourth-order valence-corrected chi connectivity index (χ4v) is 6.92. The topological polar surface area (TPSA) is 36.4 Å². The largest absolute Gasteiger partial charge is 0.508 e. The van der Waals surface area contributed by atoms with E-state index in [4.69, 9.17) is 4.98 Å². The first-order chi connectivity index (χ1) is 14.7. The molecular weight excluding hydrogens is 368 g/mol. The zero-order chi connectivity index (χ0) is 19.9. The maximum atomic E-state index is 10.4. The van der Waals surface area contributed by atoms with E-state index in [0.717, 1.165) is 30.7 Å². The van der Waals surface area contributed by atoms with Gasteiger partial charge in [0.2, 0.25) is 0 Å². The predicted molar refractivity (Wildman–Crippen MR) is 119 cm³/mol. The Balaban J connectivity index is 1.40. The summed E-state index contributed by atoms with van der Waals surface area (Å²) in [6.07, 6.45) is 7.29. The molecule has 1 saturated heterocycles. The highest BCUT2D eigenvalue weighted by atomic mass is 16.3. The van der Waals surface area contributed by atoms with Gasteiger partial charge in [-0.25, -0.2) is 0 Å². The number of phenolic OH excluding ortho intramolecular Hbond substituents is 1. The van der Waals surface area contributed by atoms with Crippen LogP contribution < -0.4 is 0 Å². The van der Waals surface area contributed by atoms with Crippen molar-refractivity contribution in [3.63, 3.8) is 0 Å². The highest BCUT2D eigenvalue weighted by Gasteiger charge is 2.55. The molecule has 3 atom stereocenters. The standard InChI is InChI=1S/C27H28N2O/c30-21-8-7-18-13-26-23-12-20-11-19-3-1-2-4-24(19)28-25(20)15-27(23,22(18)14-21)9-10-29(26)16-17-5-6-17/h1-4,7-8,11,14,17,23,26,30H,5-6,9-10,12-13,15-16H2/t23-,26+,27+/m0/s1. The molecule has 1 aromatic heterocycles. The van der Waals surface area contributed by atoms with E-state index in [1.807, 2.05) is 6.07 Å². The minimum absolute atomic E-state index is 0.125. The quantitative estimate of drug-likeness (QED) is 0.686. The van der Waals surface area contributed by atoms with Gasteiger partial charge in [-0.1, -0.05) is 24.3 Å². The molecule has 3 nitrogen and oxygen atoms in total. The van der Waals surface area contributed by atoms with Crippen molar-refractivity contribution in [2.75, 3.05) is 13.1 Å². The Bertz CT molecular complexity index is 1170. The van der Waals surface area contributed by atoms with Gasteiger partial charge in [-0.15, -0.1) is 0 Å². The first-order valence-electron chi connectivity index (χ1n) is 11.6. The minimum atomic E-state index is 0.125. The van der Waals surface area contributed by atoms with Crippen molar-refractivity contribution in [3.8, 4) is 5.75 Å². The van der Waals surface area contributed by atoms with Crippen molar-refractivity contribution in [1.29, 1.82) is 0 Å². The number of fused-ring (bicyclic) bond motifs is 3. The van der Waals surface area contributed by atoms with E-state index in [1.165, 1.54) is 60.1 Å². The zero-order valence-electron chi connectivity index (χ0n) is 17.3. The molecule has 30 heavy (non-hydrogen) atoms. The summed E-state index contributed by atoms with van der Waals surface area (Å²) in [5, 5.41) is 11.6. The predicted octanol–water partition coefficient (Wildman–Crippen LogP) is 4.63. The third-order valence-corrected chi connectivity index (χ3v) is 8.55. The molecule has 3 heteroatoms. The Morgan fingerprint density at radius 3 is 2.83 bits per heavy atom. The van der Waals surface area contributed by atoms with Crippen LogP contribution in [-0.2, 0) is 24.7 Å². The monoisotopic (exact) mass is 396 g/mol. The molecule has 3 aromatic rings. The van der Waals surface area contributed by atoms with Crippen LogP contribution in [0.1, 0.15) is 41.6 Å². The molecule has 2 fully saturated rings. The number of rotatable bonds is 2. The maximum absolute atomic E-state index is 10.4. The number of hydrogen-bond donors (Lipinski definition) is 1. The summed E-state index contributed by atoms with van der Waals surface area (Å²) < 4.78 is 0. The summed E-state index contributed by atoms with van der Waals surface area (Å²) in [5.41, 5.74) is 6.85. The van der Waals surface area contributed by atoms with Gasteiger partial charge in [0.25, 0.3) is 0 Å². The maximum Gasteiger partial charge on any atom is 0.115 e. The lowest BCUT2D eigenvalue weighted by Gasteiger charge is -2.59. The number of aromatic nitrogens is 1. The molecule has 2 heterocycles. The number of phenols is 1. The second-order valence-electron chi connectivity index (χ2n) is 10.2. The fourth-order valence-electron chi connectivity index (χ4n) is 6.92. The van der Waals surface area contributed by atoms with Gasteiger partial charge in [-0.3, -0.25) is 9.88 Å². The molecular formula is C27H28N2O. The highest BCUT2D eigenvalue weighted by molar-refractivity contribution is 5.79. The number of benzene rings is 2. The Morgan fingerprint density at radius 1 is 1.03 bits per heavy atom. The second-order valence-corrected chi connectivity index (χ2v) is 10.2. The van der Waals surface area contributed by atoms with Crippen molar-refractivity contribution in [1.82, 2.24) is 9.88 Å².